The molecule has 5 aliphatic rings. The van der Waals surface area contributed by atoms with Gasteiger partial charge in [0.1, 0.15) is 5.57 Å². The number of halogens is 1. The fourth-order valence-corrected chi connectivity index (χ4v) is 9.20. The maximum absolute atomic E-state index is 13.7. The van der Waals surface area contributed by atoms with E-state index in [4.69, 9.17) is 9.47 Å². The van der Waals surface area contributed by atoms with E-state index in [-0.39, 0.29) is 23.5 Å². The number of barbiturate groups is 1. The zero-order valence-corrected chi connectivity index (χ0v) is 28.2. The first-order chi connectivity index (χ1) is 22.7. The summed E-state index contributed by atoms with van der Waals surface area (Å²) in [5.74, 6) is 1.34. The molecule has 0 aromatic heterocycles. The number of nitrogens with zero attached hydrogens (tertiary/aromatic N) is 1. The topological polar surface area (TPSA) is 114 Å². The maximum Gasteiger partial charge on any atom is 0.335 e. The first-order valence-electron chi connectivity index (χ1n) is 16.2. The number of para-hydroxylation sites is 1. The molecule has 0 atom stereocenters. The largest absolute Gasteiger partial charge is 0.490 e. The first kappa shape index (κ1) is 31.4. The molecule has 10 heteroatoms. The van der Waals surface area contributed by atoms with Crippen LogP contribution >= 0.6 is 22.6 Å². The van der Waals surface area contributed by atoms with Crippen LogP contribution in [-0.4, -0.2) is 37.0 Å². The van der Waals surface area contributed by atoms with Gasteiger partial charge in [-0.05, 0) is 145 Å². The van der Waals surface area contributed by atoms with Gasteiger partial charge in [-0.2, -0.15) is 0 Å². The van der Waals surface area contributed by atoms with Gasteiger partial charge in [0.25, 0.3) is 17.7 Å². The Labute approximate surface area is 287 Å². The predicted molar refractivity (Wildman–Crippen MR) is 186 cm³/mol. The van der Waals surface area contributed by atoms with Gasteiger partial charge in [-0.3, -0.25) is 19.7 Å². The minimum Gasteiger partial charge on any atom is -0.490 e. The fraction of sp³-hybridized carbons (Fsp3) is 0.351. The first-order valence-corrected chi connectivity index (χ1v) is 17.3. The zero-order valence-electron chi connectivity index (χ0n) is 26.1. The Bertz CT molecular complexity index is 1740. The number of anilines is 2. The molecule has 1 saturated heterocycles. The van der Waals surface area contributed by atoms with Crippen LogP contribution in [0.1, 0.15) is 56.6 Å². The lowest BCUT2D eigenvalue weighted by Gasteiger charge is -2.57. The van der Waals surface area contributed by atoms with E-state index < -0.39 is 17.8 Å². The van der Waals surface area contributed by atoms with Gasteiger partial charge in [0.05, 0.1) is 15.9 Å². The van der Waals surface area contributed by atoms with Crippen molar-refractivity contribution in [2.24, 2.45) is 17.8 Å². The highest BCUT2D eigenvalue weighted by Crippen LogP contribution is 2.60. The third-order valence-corrected chi connectivity index (χ3v) is 10.7. The second-order valence-electron chi connectivity index (χ2n) is 13.2. The average Bonchev–Trinajstić information content (AvgIpc) is 3.03. The van der Waals surface area contributed by atoms with Gasteiger partial charge in [-0.15, -0.1) is 0 Å². The molecule has 0 radical (unpaired) electrons. The molecule has 4 bridgehead atoms. The summed E-state index contributed by atoms with van der Waals surface area (Å²) >= 11 is 2.06. The number of hydrogen-bond donors (Lipinski definition) is 2. The average molecular weight is 746 g/mol. The number of urea groups is 1. The van der Waals surface area contributed by atoms with E-state index in [1.165, 1.54) is 50.2 Å². The molecule has 8 rings (SSSR count). The van der Waals surface area contributed by atoms with E-state index in [0.717, 1.165) is 22.7 Å². The Morgan fingerprint density at radius 2 is 1.62 bits per heavy atom. The van der Waals surface area contributed by atoms with Crippen LogP contribution in [0.3, 0.4) is 0 Å². The Morgan fingerprint density at radius 3 is 2.26 bits per heavy atom. The fourth-order valence-electron chi connectivity index (χ4n) is 8.42. The van der Waals surface area contributed by atoms with Crippen molar-refractivity contribution in [1.82, 2.24) is 5.32 Å². The minimum absolute atomic E-state index is 0.177. The highest BCUT2D eigenvalue weighted by atomic mass is 127. The van der Waals surface area contributed by atoms with Gasteiger partial charge < -0.3 is 14.8 Å². The molecule has 242 valence electrons. The Balaban J connectivity index is 1.10. The zero-order chi connectivity index (χ0) is 32.7. The van der Waals surface area contributed by atoms with Gasteiger partial charge in [0.2, 0.25) is 0 Å². The van der Waals surface area contributed by atoms with Crippen LogP contribution in [0, 0.1) is 21.3 Å². The second kappa shape index (κ2) is 12.8. The summed E-state index contributed by atoms with van der Waals surface area (Å²) in [7, 11) is 0. The second-order valence-corrected chi connectivity index (χ2v) is 14.3. The molecule has 5 fully saturated rings. The van der Waals surface area contributed by atoms with Gasteiger partial charge in [-0.1, -0.05) is 30.3 Å². The number of imide groups is 2. The third kappa shape index (κ3) is 6.27. The highest BCUT2D eigenvalue weighted by Gasteiger charge is 2.51. The number of hydrogen-bond acceptors (Lipinski definition) is 6. The Morgan fingerprint density at radius 1 is 0.957 bits per heavy atom. The Hall–Kier alpha value is -4.19. The number of rotatable bonds is 9. The van der Waals surface area contributed by atoms with Crippen molar-refractivity contribution in [2.45, 2.75) is 50.9 Å². The summed E-state index contributed by atoms with van der Waals surface area (Å²) in [6.45, 7) is 1.90. The van der Waals surface area contributed by atoms with Crippen molar-refractivity contribution in [3.8, 4) is 11.5 Å². The van der Waals surface area contributed by atoms with E-state index in [1.807, 2.05) is 37.3 Å². The number of carbonyl (C=O) groups is 4. The standard InChI is InChI=1S/C37H36IN3O6/c1-2-46-31-17-22(16-30(38)33(31)47-21-32(42)39-27-6-4-3-5-7-27)15-29-34(43)40-36(45)41(35(29)44)28-10-8-26(9-11-28)37-18-23-12-24(19-37)14-25(13-23)20-37/h3-11,15-17,23-25H,2,12-14,18-21H2,1H3,(H,39,42)(H,40,43,45)/b29-15-. The molecule has 1 heterocycles. The lowest BCUT2D eigenvalue weighted by atomic mass is 9.48. The molecule has 9 nitrogen and oxygen atoms in total. The number of amides is 5. The summed E-state index contributed by atoms with van der Waals surface area (Å²) in [5.41, 5.74) is 2.88. The van der Waals surface area contributed by atoms with E-state index in [2.05, 4.69) is 45.4 Å². The predicted octanol–water partition coefficient (Wildman–Crippen LogP) is 6.84. The van der Waals surface area contributed by atoms with Crippen molar-refractivity contribution >= 4 is 63.8 Å². The van der Waals surface area contributed by atoms with Crippen LogP contribution in [0.4, 0.5) is 16.2 Å². The lowest BCUT2D eigenvalue weighted by molar-refractivity contribution is -0.122. The Kier molecular flexibility index (Phi) is 8.54. The summed E-state index contributed by atoms with van der Waals surface area (Å²) in [6.07, 6.45) is 9.17. The molecule has 0 spiro atoms. The molecular weight excluding hydrogens is 709 g/mol. The lowest BCUT2D eigenvalue weighted by Crippen LogP contribution is -2.54. The SMILES string of the molecule is CCOc1cc(/C=C2/C(=O)NC(=O)N(c3ccc(C45CC6CC(CC(C6)C4)C5)cc3)C2=O)cc(I)c1OCC(=O)Nc1ccccc1. The summed E-state index contributed by atoms with van der Waals surface area (Å²) in [5, 5.41) is 5.11. The quantitative estimate of drug-likeness (QED) is 0.141. The van der Waals surface area contributed by atoms with E-state index in [9.17, 15) is 19.2 Å². The van der Waals surface area contributed by atoms with Crippen molar-refractivity contribution in [2.75, 3.05) is 23.4 Å². The molecule has 4 aliphatic carbocycles. The van der Waals surface area contributed by atoms with Crippen LogP contribution in [0.2, 0.25) is 0 Å². The molecule has 0 unspecified atom stereocenters. The van der Waals surface area contributed by atoms with Crippen molar-refractivity contribution in [3.05, 3.63) is 87.0 Å². The number of benzene rings is 3. The molecule has 1 aliphatic heterocycles. The monoisotopic (exact) mass is 745 g/mol. The molecule has 2 N–H and O–H groups in total. The van der Waals surface area contributed by atoms with Crippen LogP contribution in [0.25, 0.3) is 6.08 Å². The molecule has 4 saturated carbocycles. The number of carbonyl (C=O) groups excluding carboxylic acids is 4. The summed E-state index contributed by atoms with van der Waals surface area (Å²) in [6, 6.07) is 19.5. The normalized spacial score (nSPS) is 25.6. The third-order valence-electron chi connectivity index (χ3n) is 9.93. The van der Waals surface area contributed by atoms with Gasteiger partial charge in [0, 0.05) is 5.69 Å². The molecule has 3 aromatic rings. The van der Waals surface area contributed by atoms with Crippen molar-refractivity contribution < 1.29 is 28.7 Å². The summed E-state index contributed by atoms with van der Waals surface area (Å²) in [4.78, 5) is 53.2. The maximum atomic E-state index is 13.7. The van der Waals surface area contributed by atoms with Crippen LogP contribution in [0.5, 0.6) is 11.5 Å². The van der Waals surface area contributed by atoms with Crippen LogP contribution < -0.4 is 25.0 Å². The molecule has 5 amide bonds. The van der Waals surface area contributed by atoms with Gasteiger partial charge in [-0.25, -0.2) is 9.69 Å². The van der Waals surface area contributed by atoms with E-state index in [1.54, 1.807) is 24.3 Å². The highest BCUT2D eigenvalue weighted by molar-refractivity contribution is 14.1. The number of nitrogens with one attached hydrogen (secondary N) is 2. The van der Waals surface area contributed by atoms with Crippen molar-refractivity contribution in [1.29, 1.82) is 0 Å². The van der Waals surface area contributed by atoms with Gasteiger partial charge in [0.15, 0.2) is 18.1 Å². The molecule has 47 heavy (non-hydrogen) atoms. The van der Waals surface area contributed by atoms with Crippen LogP contribution in [0.15, 0.2) is 72.3 Å². The molecule has 3 aromatic carbocycles. The van der Waals surface area contributed by atoms with Crippen molar-refractivity contribution in [3.63, 3.8) is 0 Å². The van der Waals surface area contributed by atoms with E-state index >= 15 is 0 Å². The van der Waals surface area contributed by atoms with Gasteiger partial charge >= 0.3 is 6.03 Å². The number of ether oxygens (including phenoxy) is 2. The molecular formula is C37H36IN3O6. The minimum atomic E-state index is -0.776. The van der Waals surface area contributed by atoms with E-state index in [0.29, 0.717) is 38.6 Å². The van der Waals surface area contributed by atoms with Crippen LogP contribution in [-0.2, 0) is 19.8 Å². The summed E-state index contributed by atoms with van der Waals surface area (Å²) < 4.78 is 12.3. The smallest absolute Gasteiger partial charge is 0.335 e.